The first kappa shape index (κ1) is 24.3. The third-order valence-electron chi connectivity index (χ3n) is 7.06. The summed E-state index contributed by atoms with van der Waals surface area (Å²) in [6, 6.07) is 14.5. The molecular weight excluding hydrogens is 466 g/mol. The van der Waals surface area contributed by atoms with Gasteiger partial charge in [0.25, 0.3) is 0 Å². The van der Waals surface area contributed by atoms with Gasteiger partial charge in [-0.2, -0.15) is 5.26 Å². The van der Waals surface area contributed by atoms with Crippen molar-refractivity contribution in [1.29, 1.82) is 5.26 Å². The van der Waals surface area contributed by atoms with Gasteiger partial charge in [0.15, 0.2) is 11.5 Å². The van der Waals surface area contributed by atoms with Crippen molar-refractivity contribution in [2.24, 2.45) is 0 Å². The van der Waals surface area contributed by atoms with E-state index in [4.69, 9.17) is 5.26 Å². The second kappa shape index (κ2) is 8.31. The number of alkyl halides is 2. The molecule has 1 aromatic heterocycles. The lowest BCUT2D eigenvalue weighted by Gasteiger charge is -2.23. The highest BCUT2D eigenvalue weighted by Crippen LogP contribution is 2.52. The summed E-state index contributed by atoms with van der Waals surface area (Å²) in [5.41, 5.74) is 2.62. The van der Waals surface area contributed by atoms with Crippen LogP contribution in [0.25, 0.3) is 10.9 Å². The standard InChI is InChI=1S/C28H28F2N2O4/c1-26(2,3)24-14-18-12-17(4-6-21(18)32(24)16-20(33)8-11-31)13-25(34)27(9-10-27)19-5-7-22-23(15-19)36-28(29,30)35-22/h4-7,12,14-15,20,33H,8-10,13,16H2,1-3H3. The van der Waals surface area contributed by atoms with E-state index in [2.05, 4.69) is 36.3 Å². The first-order valence-corrected chi connectivity index (χ1v) is 12.0. The first-order valence-electron chi connectivity index (χ1n) is 12.0. The lowest BCUT2D eigenvalue weighted by Crippen LogP contribution is -2.26. The Labute approximate surface area is 208 Å². The smallest absolute Gasteiger partial charge is 0.395 e. The molecule has 0 spiro atoms. The van der Waals surface area contributed by atoms with E-state index in [9.17, 15) is 18.7 Å². The van der Waals surface area contributed by atoms with E-state index in [1.165, 1.54) is 12.1 Å². The van der Waals surface area contributed by atoms with Crippen LogP contribution in [0.2, 0.25) is 0 Å². The predicted molar refractivity (Wildman–Crippen MR) is 129 cm³/mol. The Morgan fingerprint density at radius 1 is 1.14 bits per heavy atom. The highest BCUT2D eigenvalue weighted by molar-refractivity contribution is 5.95. The predicted octanol–water partition coefficient (Wildman–Crippen LogP) is 5.38. The molecule has 36 heavy (non-hydrogen) atoms. The van der Waals surface area contributed by atoms with Crippen molar-refractivity contribution in [3.63, 3.8) is 0 Å². The molecule has 8 heteroatoms. The Hall–Kier alpha value is -3.44. The van der Waals surface area contributed by atoms with E-state index in [-0.39, 0.29) is 35.5 Å². The van der Waals surface area contributed by atoms with Crippen molar-refractivity contribution in [3.8, 4) is 17.6 Å². The van der Waals surface area contributed by atoms with Gasteiger partial charge in [0, 0.05) is 35.0 Å². The van der Waals surface area contributed by atoms with Gasteiger partial charge in [-0.05, 0) is 54.3 Å². The quantitative estimate of drug-likeness (QED) is 0.477. The number of aliphatic hydroxyl groups excluding tert-OH is 1. The maximum Gasteiger partial charge on any atom is 0.586 e. The van der Waals surface area contributed by atoms with Gasteiger partial charge in [-0.1, -0.05) is 32.9 Å². The molecule has 0 bridgehead atoms. The van der Waals surface area contributed by atoms with E-state index in [0.29, 0.717) is 24.9 Å². The zero-order chi connectivity index (χ0) is 25.9. The highest BCUT2D eigenvalue weighted by Gasteiger charge is 2.52. The van der Waals surface area contributed by atoms with Crippen molar-refractivity contribution in [1.82, 2.24) is 4.57 Å². The van der Waals surface area contributed by atoms with Crippen molar-refractivity contribution < 1.29 is 28.2 Å². The second-order valence-corrected chi connectivity index (χ2v) is 10.8. The molecule has 1 atom stereocenters. The van der Waals surface area contributed by atoms with Gasteiger partial charge in [-0.3, -0.25) is 4.79 Å². The fourth-order valence-electron chi connectivity index (χ4n) is 5.08. The maximum atomic E-state index is 13.4. The third kappa shape index (κ3) is 4.33. The number of ketones is 1. The van der Waals surface area contributed by atoms with E-state index >= 15 is 0 Å². The molecule has 3 aromatic rings. The van der Waals surface area contributed by atoms with Gasteiger partial charge < -0.3 is 19.1 Å². The van der Waals surface area contributed by atoms with Crippen LogP contribution in [0.3, 0.4) is 0 Å². The number of benzene rings is 2. The number of nitrogens with zero attached hydrogens (tertiary/aromatic N) is 2. The number of hydrogen-bond acceptors (Lipinski definition) is 5. The minimum absolute atomic E-state index is 0.0310. The Kier molecular flexibility index (Phi) is 5.60. The van der Waals surface area contributed by atoms with Crippen LogP contribution >= 0.6 is 0 Å². The molecule has 1 unspecified atom stereocenters. The SMILES string of the molecule is CC(C)(C)c1cc2cc(CC(=O)C3(c4ccc5c(c4)OC(F)(F)O5)CC3)ccc2n1CC(O)CC#N. The number of aromatic nitrogens is 1. The molecule has 0 radical (unpaired) electrons. The van der Waals surface area contributed by atoms with E-state index in [1.807, 2.05) is 28.8 Å². The van der Waals surface area contributed by atoms with E-state index < -0.39 is 17.8 Å². The van der Waals surface area contributed by atoms with Crippen LogP contribution in [0.5, 0.6) is 11.5 Å². The molecule has 0 saturated heterocycles. The zero-order valence-electron chi connectivity index (χ0n) is 20.5. The molecule has 1 saturated carbocycles. The number of rotatable bonds is 7. The summed E-state index contributed by atoms with van der Waals surface area (Å²) < 4.78 is 38.0. The fraction of sp³-hybridized carbons (Fsp3) is 0.429. The fourth-order valence-corrected chi connectivity index (χ4v) is 5.08. The van der Waals surface area contributed by atoms with Gasteiger partial charge in [0.2, 0.25) is 0 Å². The lowest BCUT2D eigenvalue weighted by molar-refractivity contribution is -0.286. The van der Waals surface area contributed by atoms with Gasteiger partial charge in [-0.25, -0.2) is 0 Å². The Morgan fingerprint density at radius 3 is 2.53 bits per heavy atom. The normalized spacial score (nSPS) is 18.1. The molecule has 1 fully saturated rings. The molecule has 188 valence electrons. The number of Topliss-reactive ketones (excluding diaryl/α,β-unsaturated/α-hetero) is 1. The molecule has 5 rings (SSSR count). The van der Waals surface area contributed by atoms with E-state index in [1.54, 1.807) is 6.07 Å². The Morgan fingerprint density at radius 2 is 1.86 bits per heavy atom. The molecule has 2 heterocycles. The molecular formula is C28H28F2N2O4. The Balaban J connectivity index is 1.41. The summed E-state index contributed by atoms with van der Waals surface area (Å²) in [6.07, 6.45) is -2.88. The second-order valence-electron chi connectivity index (χ2n) is 10.8. The first-order chi connectivity index (χ1) is 16.9. The Bertz CT molecular complexity index is 1390. The summed E-state index contributed by atoms with van der Waals surface area (Å²) in [5.74, 6) is -0.0449. The molecule has 2 aliphatic rings. The maximum absolute atomic E-state index is 13.4. The highest BCUT2D eigenvalue weighted by atomic mass is 19.3. The number of fused-ring (bicyclic) bond motifs is 2. The number of carbonyl (C=O) groups is 1. The van der Waals surface area contributed by atoms with Crippen LogP contribution in [0.4, 0.5) is 8.78 Å². The molecule has 0 amide bonds. The van der Waals surface area contributed by atoms with Crippen LogP contribution in [-0.4, -0.2) is 27.9 Å². The topological polar surface area (TPSA) is 84.5 Å². The van der Waals surface area contributed by atoms with Crippen LogP contribution in [0.1, 0.15) is 56.9 Å². The molecule has 1 N–H and O–H groups in total. The largest absolute Gasteiger partial charge is 0.586 e. The number of hydrogen-bond donors (Lipinski definition) is 1. The van der Waals surface area contributed by atoms with Crippen LogP contribution in [0.15, 0.2) is 42.5 Å². The van der Waals surface area contributed by atoms with Crippen molar-refractivity contribution in [2.45, 2.75) is 76.2 Å². The minimum Gasteiger partial charge on any atom is -0.395 e. The summed E-state index contributed by atoms with van der Waals surface area (Å²) >= 11 is 0. The molecule has 2 aromatic carbocycles. The number of halogens is 2. The van der Waals surface area contributed by atoms with Crippen LogP contribution < -0.4 is 9.47 Å². The van der Waals surface area contributed by atoms with Crippen molar-refractivity contribution in [2.75, 3.05) is 0 Å². The third-order valence-corrected chi connectivity index (χ3v) is 7.06. The van der Waals surface area contributed by atoms with Gasteiger partial charge in [0.1, 0.15) is 5.78 Å². The summed E-state index contributed by atoms with van der Waals surface area (Å²) in [4.78, 5) is 13.4. The van der Waals surface area contributed by atoms with Gasteiger partial charge in [0.05, 0.1) is 24.0 Å². The number of carbonyl (C=O) groups excluding carboxylic acids is 1. The number of aliphatic hydroxyl groups is 1. The van der Waals surface area contributed by atoms with Crippen LogP contribution in [0, 0.1) is 11.3 Å². The van der Waals surface area contributed by atoms with Crippen molar-refractivity contribution >= 4 is 16.7 Å². The summed E-state index contributed by atoms with van der Waals surface area (Å²) in [5, 5.41) is 20.2. The van der Waals surface area contributed by atoms with Gasteiger partial charge >= 0.3 is 6.29 Å². The number of nitriles is 1. The summed E-state index contributed by atoms with van der Waals surface area (Å²) in [7, 11) is 0. The monoisotopic (exact) mass is 494 g/mol. The molecule has 6 nitrogen and oxygen atoms in total. The lowest BCUT2D eigenvalue weighted by atomic mass is 9.87. The van der Waals surface area contributed by atoms with Crippen LogP contribution in [-0.2, 0) is 28.6 Å². The summed E-state index contributed by atoms with van der Waals surface area (Å²) in [6.45, 7) is 6.60. The molecule has 1 aliphatic carbocycles. The van der Waals surface area contributed by atoms with E-state index in [0.717, 1.165) is 22.2 Å². The van der Waals surface area contributed by atoms with Gasteiger partial charge in [-0.15, -0.1) is 8.78 Å². The average molecular weight is 495 g/mol. The molecule has 1 aliphatic heterocycles. The zero-order valence-corrected chi connectivity index (χ0v) is 20.5. The minimum atomic E-state index is -3.69. The van der Waals surface area contributed by atoms with Crippen molar-refractivity contribution in [3.05, 3.63) is 59.3 Å². The average Bonchev–Trinajstić information content (AvgIpc) is 3.43. The number of ether oxygens (including phenoxy) is 2.